The van der Waals surface area contributed by atoms with Crippen molar-refractivity contribution in [2.24, 2.45) is 17.5 Å². The Morgan fingerprint density at radius 2 is 2.35 bits per heavy atom. The first kappa shape index (κ1) is 12.5. The highest BCUT2D eigenvalue weighted by atomic mass is 32.2. The van der Waals surface area contributed by atoms with Gasteiger partial charge < -0.3 is 9.88 Å². The van der Waals surface area contributed by atoms with Crippen LogP contribution in [0.2, 0.25) is 0 Å². The second-order valence-corrected chi connectivity index (χ2v) is 6.17. The van der Waals surface area contributed by atoms with Crippen molar-refractivity contribution >= 4 is 16.9 Å². The molecule has 0 saturated carbocycles. The van der Waals surface area contributed by atoms with E-state index in [0.29, 0.717) is 5.41 Å². The largest absolute Gasteiger partial charge is 0.364 e. The van der Waals surface area contributed by atoms with Gasteiger partial charge in [0.1, 0.15) is 5.82 Å². The lowest BCUT2D eigenvalue weighted by Gasteiger charge is -2.27. The molecule has 2 rings (SSSR count). The van der Waals surface area contributed by atoms with Crippen LogP contribution in [0.4, 0.5) is 0 Å². The predicted octanol–water partition coefficient (Wildman–Crippen LogP) is 1.68. The number of rotatable bonds is 3. The van der Waals surface area contributed by atoms with Gasteiger partial charge in [-0.1, -0.05) is 25.6 Å². The third-order valence-electron chi connectivity index (χ3n) is 2.80. The summed E-state index contributed by atoms with van der Waals surface area (Å²) in [6, 6.07) is 0. The van der Waals surface area contributed by atoms with Gasteiger partial charge >= 0.3 is 0 Å². The van der Waals surface area contributed by atoms with Gasteiger partial charge in [0.05, 0.1) is 0 Å². The molecule has 0 amide bonds. The average Bonchev–Trinajstić information content (AvgIpc) is 2.67. The standard InChI is InChI=1S/C12H20N4S/c1-12(2)8-15-11(17-9-12)14-5-4-10-13-6-7-16(10)3/h6-7H,4-5,8-9H2,1-3H3,(H,14,15). The Kier molecular flexibility index (Phi) is 3.76. The molecular formula is C12H20N4S. The number of nitrogens with zero attached hydrogens (tertiary/aromatic N) is 3. The molecule has 0 radical (unpaired) electrons. The molecule has 2 heterocycles. The Morgan fingerprint density at radius 3 is 2.94 bits per heavy atom. The normalized spacial score (nSPS) is 18.9. The monoisotopic (exact) mass is 252 g/mol. The van der Waals surface area contributed by atoms with Crippen LogP contribution in [0.1, 0.15) is 19.7 Å². The van der Waals surface area contributed by atoms with Crippen LogP contribution in [-0.4, -0.2) is 33.6 Å². The molecule has 0 saturated heterocycles. The molecule has 0 bridgehead atoms. The highest BCUT2D eigenvalue weighted by Gasteiger charge is 2.23. The lowest BCUT2D eigenvalue weighted by atomic mass is 9.97. The summed E-state index contributed by atoms with van der Waals surface area (Å²) in [5, 5.41) is 4.47. The van der Waals surface area contributed by atoms with E-state index in [1.54, 1.807) is 0 Å². The molecule has 1 N–H and O–H groups in total. The van der Waals surface area contributed by atoms with Gasteiger partial charge in [-0.25, -0.2) is 4.98 Å². The van der Waals surface area contributed by atoms with Gasteiger partial charge in [0.2, 0.25) is 0 Å². The lowest BCUT2D eigenvalue weighted by Crippen LogP contribution is -2.32. The van der Waals surface area contributed by atoms with Crippen molar-refractivity contribution in [2.45, 2.75) is 20.3 Å². The summed E-state index contributed by atoms with van der Waals surface area (Å²) < 4.78 is 2.06. The van der Waals surface area contributed by atoms with E-state index in [0.717, 1.165) is 36.3 Å². The molecular weight excluding hydrogens is 232 g/mol. The second-order valence-electron chi connectivity index (χ2n) is 5.21. The fraction of sp³-hybridized carbons (Fsp3) is 0.667. The zero-order valence-corrected chi connectivity index (χ0v) is 11.5. The summed E-state index contributed by atoms with van der Waals surface area (Å²) >= 11 is 1.82. The van der Waals surface area contributed by atoms with Crippen LogP contribution in [0.15, 0.2) is 17.4 Å². The molecule has 94 valence electrons. The number of hydrogen-bond acceptors (Lipinski definition) is 4. The number of thioether (sulfide) groups is 1. The molecule has 1 aromatic rings. The van der Waals surface area contributed by atoms with Gasteiger partial charge in [0.15, 0.2) is 5.17 Å². The summed E-state index contributed by atoms with van der Waals surface area (Å²) in [7, 11) is 2.03. The Morgan fingerprint density at radius 1 is 1.53 bits per heavy atom. The summed E-state index contributed by atoms with van der Waals surface area (Å²) in [6.45, 7) is 6.34. The van der Waals surface area contributed by atoms with E-state index in [9.17, 15) is 0 Å². The van der Waals surface area contributed by atoms with E-state index >= 15 is 0 Å². The van der Waals surface area contributed by atoms with Gasteiger partial charge in [0.25, 0.3) is 0 Å². The minimum absolute atomic E-state index is 0.343. The van der Waals surface area contributed by atoms with Crippen LogP contribution < -0.4 is 5.32 Å². The second kappa shape index (κ2) is 5.12. The van der Waals surface area contributed by atoms with Crippen molar-refractivity contribution in [3.05, 3.63) is 18.2 Å². The molecule has 1 aliphatic rings. The number of imidazole rings is 1. The van der Waals surface area contributed by atoms with Crippen molar-refractivity contribution in [3.8, 4) is 0 Å². The molecule has 0 aliphatic carbocycles. The minimum atomic E-state index is 0.343. The topological polar surface area (TPSA) is 42.2 Å². The lowest BCUT2D eigenvalue weighted by molar-refractivity contribution is 0.436. The average molecular weight is 252 g/mol. The number of hydrogen-bond donors (Lipinski definition) is 1. The Hall–Kier alpha value is -0.970. The highest BCUT2D eigenvalue weighted by molar-refractivity contribution is 8.13. The van der Waals surface area contributed by atoms with E-state index in [4.69, 9.17) is 0 Å². The molecule has 0 unspecified atom stereocenters. The predicted molar refractivity (Wildman–Crippen MR) is 73.5 cm³/mol. The van der Waals surface area contributed by atoms with Crippen LogP contribution in [0.3, 0.4) is 0 Å². The van der Waals surface area contributed by atoms with Crippen molar-refractivity contribution in [1.82, 2.24) is 14.9 Å². The first-order valence-corrected chi connectivity index (χ1v) is 6.93. The van der Waals surface area contributed by atoms with E-state index in [1.807, 2.05) is 31.2 Å². The zero-order valence-electron chi connectivity index (χ0n) is 10.7. The van der Waals surface area contributed by atoms with E-state index in [2.05, 4.69) is 33.7 Å². The molecule has 17 heavy (non-hydrogen) atoms. The minimum Gasteiger partial charge on any atom is -0.364 e. The van der Waals surface area contributed by atoms with E-state index in [1.165, 1.54) is 0 Å². The molecule has 0 aromatic carbocycles. The number of aryl methyl sites for hydroxylation is 1. The first-order chi connectivity index (χ1) is 8.07. The molecule has 0 spiro atoms. The maximum Gasteiger partial charge on any atom is 0.156 e. The molecule has 0 fully saturated rings. The van der Waals surface area contributed by atoms with Crippen LogP contribution >= 0.6 is 11.8 Å². The van der Waals surface area contributed by atoms with Gasteiger partial charge in [0, 0.05) is 44.7 Å². The first-order valence-electron chi connectivity index (χ1n) is 5.94. The van der Waals surface area contributed by atoms with Crippen molar-refractivity contribution in [3.63, 3.8) is 0 Å². The summed E-state index contributed by atoms with van der Waals surface area (Å²) in [5.41, 5.74) is 0.343. The number of amidine groups is 1. The van der Waals surface area contributed by atoms with Crippen LogP contribution in [-0.2, 0) is 13.5 Å². The summed E-state index contributed by atoms with van der Waals surface area (Å²) in [5.74, 6) is 2.25. The third-order valence-corrected chi connectivity index (χ3v) is 4.27. The smallest absolute Gasteiger partial charge is 0.156 e. The number of aromatic nitrogens is 2. The van der Waals surface area contributed by atoms with Gasteiger partial charge in [-0.3, -0.25) is 4.99 Å². The van der Waals surface area contributed by atoms with Crippen molar-refractivity contribution < 1.29 is 0 Å². The fourth-order valence-corrected chi connectivity index (χ4v) is 2.65. The maximum absolute atomic E-state index is 4.56. The van der Waals surface area contributed by atoms with Gasteiger partial charge in [-0.15, -0.1) is 0 Å². The van der Waals surface area contributed by atoms with Crippen molar-refractivity contribution in [1.29, 1.82) is 0 Å². The molecule has 5 heteroatoms. The quantitative estimate of drug-likeness (QED) is 0.890. The molecule has 1 aromatic heterocycles. The number of nitrogens with one attached hydrogen (secondary N) is 1. The van der Waals surface area contributed by atoms with E-state index in [-0.39, 0.29) is 0 Å². The SMILES string of the molecule is Cn1ccnc1CCNC1=NCC(C)(C)CS1. The third kappa shape index (κ3) is 3.49. The van der Waals surface area contributed by atoms with Crippen molar-refractivity contribution in [2.75, 3.05) is 18.8 Å². The molecule has 1 aliphatic heterocycles. The summed E-state index contributed by atoms with van der Waals surface area (Å²) in [4.78, 5) is 8.86. The molecule has 0 atom stereocenters. The van der Waals surface area contributed by atoms with E-state index < -0.39 is 0 Å². The number of aliphatic imine (C=N–C) groups is 1. The maximum atomic E-state index is 4.56. The van der Waals surface area contributed by atoms with Gasteiger partial charge in [-0.05, 0) is 5.41 Å². The van der Waals surface area contributed by atoms with Crippen LogP contribution in [0, 0.1) is 5.41 Å². The zero-order chi connectivity index (χ0) is 12.3. The highest BCUT2D eigenvalue weighted by Crippen LogP contribution is 2.26. The van der Waals surface area contributed by atoms with Gasteiger partial charge in [-0.2, -0.15) is 0 Å². The Bertz CT molecular complexity index is 408. The van der Waals surface area contributed by atoms with Crippen LogP contribution in [0.5, 0.6) is 0 Å². The summed E-state index contributed by atoms with van der Waals surface area (Å²) in [6.07, 6.45) is 4.75. The molecule has 4 nitrogen and oxygen atoms in total. The van der Waals surface area contributed by atoms with Crippen LogP contribution in [0.25, 0.3) is 0 Å². The Labute approximate surface area is 107 Å². The Balaban J connectivity index is 1.77. The fourth-order valence-electron chi connectivity index (χ4n) is 1.67.